The first-order valence-corrected chi connectivity index (χ1v) is 9.14. The molecule has 0 aromatic heterocycles. The monoisotopic (exact) mass is 480 g/mol. The first-order chi connectivity index (χ1) is 12.4. The largest absolute Gasteiger partial charge is 0.503 e. The lowest BCUT2D eigenvalue weighted by atomic mass is 10.1. The molecule has 2 N–H and O–H groups in total. The molecule has 0 unspecified atom stereocenters. The van der Waals surface area contributed by atoms with E-state index in [0.717, 1.165) is 10.5 Å². The van der Waals surface area contributed by atoms with Crippen molar-refractivity contribution < 1.29 is 19.4 Å². The van der Waals surface area contributed by atoms with Gasteiger partial charge in [-0.05, 0) is 55.1 Å². The molecule has 0 bridgehead atoms. The average Bonchev–Trinajstić information content (AvgIpc) is 2.90. The number of phenols is 1. The second kappa shape index (κ2) is 7.51. The Kier molecular flexibility index (Phi) is 5.33. The predicted octanol–water partition coefficient (Wildman–Crippen LogP) is 4.02. The number of nitrogens with zero attached hydrogens (tertiary/aromatic N) is 1. The molecule has 1 saturated heterocycles. The van der Waals surface area contributed by atoms with E-state index in [2.05, 4.69) is 37.2 Å². The highest BCUT2D eigenvalue weighted by Crippen LogP contribution is 2.42. The van der Waals surface area contributed by atoms with Gasteiger partial charge in [0.25, 0.3) is 5.91 Å². The molecule has 1 fully saturated rings. The van der Waals surface area contributed by atoms with E-state index in [1.807, 2.05) is 30.3 Å². The maximum absolute atomic E-state index is 12.6. The number of ether oxygens (including phenoxy) is 1. The number of hydrogen-bond donors (Lipinski definition) is 2. The number of urea groups is 1. The number of rotatable bonds is 4. The number of carbonyl (C=O) groups excluding carboxylic acids is 2. The fraction of sp³-hybridized carbons (Fsp3) is 0.111. The first kappa shape index (κ1) is 18.5. The molecule has 1 heterocycles. The fourth-order valence-corrected chi connectivity index (χ4v) is 3.35. The van der Waals surface area contributed by atoms with Gasteiger partial charge in [0, 0.05) is 4.47 Å². The number of benzene rings is 2. The van der Waals surface area contributed by atoms with Crippen LogP contribution in [0.2, 0.25) is 0 Å². The SMILES string of the molecule is COc1cc(/C=C2/NC(=O)N(Cc3ccccc3)C2=O)c(Br)c(Br)c1O. The molecule has 0 radical (unpaired) electrons. The Morgan fingerprint density at radius 1 is 1.19 bits per heavy atom. The van der Waals surface area contributed by atoms with Gasteiger partial charge in [0.15, 0.2) is 11.5 Å². The highest BCUT2D eigenvalue weighted by Gasteiger charge is 2.33. The Hall–Kier alpha value is -2.32. The summed E-state index contributed by atoms with van der Waals surface area (Å²) in [5.74, 6) is -0.243. The molecule has 2 aromatic carbocycles. The smallest absolute Gasteiger partial charge is 0.329 e. The van der Waals surface area contributed by atoms with Gasteiger partial charge in [-0.15, -0.1) is 0 Å². The maximum atomic E-state index is 12.6. The van der Waals surface area contributed by atoms with Gasteiger partial charge in [-0.2, -0.15) is 0 Å². The van der Waals surface area contributed by atoms with Crippen LogP contribution in [0.25, 0.3) is 6.08 Å². The molecule has 1 aliphatic rings. The van der Waals surface area contributed by atoms with Crippen LogP contribution < -0.4 is 10.1 Å². The van der Waals surface area contributed by atoms with Crippen LogP contribution in [-0.4, -0.2) is 29.1 Å². The number of imide groups is 1. The predicted molar refractivity (Wildman–Crippen MR) is 104 cm³/mol. The van der Waals surface area contributed by atoms with Crippen LogP contribution in [0.4, 0.5) is 4.79 Å². The summed E-state index contributed by atoms with van der Waals surface area (Å²) in [5.41, 5.74) is 1.57. The molecule has 0 saturated carbocycles. The highest BCUT2D eigenvalue weighted by atomic mass is 79.9. The van der Waals surface area contributed by atoms with E-state index in [-0.39, 0.29) is 23.7 Å². The summed E-state index contributed by atoms with van der Waals surface area (Å²) in [7, 11) is 1.43. The number of halogens is 2. The highest BCUT2D eigenvalue weighted by molar-refractivity contribution is 9.13. The van der Waals surface area contributed by atoms with Crippen molar-refractivity contribution in [1.82, 2.24) is 10.2 Å². The number of nitrogens with one attached hydrogen (secondary N) is 1. The van der Waals surface area contributed by atoms with Crippen molar-refractivity contribution in [2.45, 2.75) is 6.54 Å². The lowest BCUT2D eigenvalue weighted by Gasteiger charge is -2.11. The molecule has 2 aromatic rings. The average molecular weight is 482 g/mol. The zero-order valence-electron chi connectivity index (χ0n) is 13.6. The van der Waals surface area contributed by atoms with E-state index >= 15 is 0 Å². The number of aromatic hydroxyl groups is 1. The van der Waals surface area contributed by atoms with Crippen molar-refractivity contribution >= 4 is 49.9 Å². The van der Waals surface area contributed by atoms with Crippen molar-refractivity contribution in [2.75, 3.05) is 7.11 Å². The Morgan fingerprint density at radius 3 is 2.54 bits per heavy atom. The van der Waals surface area contributed by atoms with Gasteiger partial charge in [-0.25, -0.2) is 4.79 Å². The van der Waals surface area contributed by atoms with Gasteiger partial charge >= 0.3 is 6.03 Å². The van der Waals surface area contributed by atoms with E-state index in [9.17, 15) is 14.7 Å². The summed E-state index contributed by atoms with van der Waals surface area (Å²) in [5, 5.41) is 12.6. The molecular weight excluding hydrogens is 468 g/mol. The summed E-state index contributed by atoms with van der Waals surface area (Å²) in [6.45, 7) is 0.187. The molecule has 134 valence electrons. The van der Waals surface area contributed by atoms with Gasteiger partial charge in [0.1, 0.15) is 5.70 Å². The topological polar surface area (TPSA) is 78.9 Å². The van der Waals surface area contributed by atoms with E-state index in [1.54, 1.807) is 6.07 Å². The number of hydrogen-bond acceptors (Lipinski definition) is 4. The first-order valence-electron chi connectivity index (χ1n) is 7.55. The van der Waals surface area contributed by atoms with Crippen molar-refractivity contribution in [3.05, 3.63) is 62.2 Å². The second-order valence-corrected chi connectivity index (χ2v) is 7.10. The lowest BCUT2D eigenvalue weighted by Crippen LogP contribution is -2.30. The van der Waals surface area contributed by atoms with Gasteiger partial charge in [0.2, 0.25) is 0 Å². The zero-order chi connectivity index (χ0) is 18.8. The summed E-state index contributed by atoms with van der Waals surface area (Å²) in [4.78, 5) is 25.9. The molecule has 1 aliphatic heterocycles. The van der Waals surface area contributed by atoms with Crippen LogP contribution in [0.1, 0.15) is 11.1 Å². The van der Waals surface area contributed by atoms with Crippen LogP contribution in [-0.2, 0) is 11.3 Å². The Bertz CT molecular complexity index is 913. The van der Waals surface area contributed by atoms with Crippen LogP contribution >= 0.6 is 31.9 Å². The van der Waals surface area contributed by atoms with Crippen molar-refractivity contribution in [3.63, 3.8) is 0 Å². The van der Waals surface area contributed by atoms with E-state index in [0.29, 0.717) is 14.5 Å². The molecular formula is C18H14Br2N2O4. The van der Waals surface area contributed by atoms with Gasteiger partial charge in [0.05, 0.1) is 18.1 Å². The van der Waals surface area contributed by atoms with Crippen molar-refractivity contribution in [1.29, 1.82) is 0 Å². The summed E-state index contributed by atoms with van der Waals surface area (Å²) in [6.07, 6.45) is 1.53. The molecule has 0 aliphatic carbocycles. The summed E-state index contributed by atoms with van der Waals surface area (Å²) in [6, 6.07) is 10.3. The third-order valence-corrected chi connectivity index (χ3v) is 6.00. The molecule has 0 atom stereocenters. The van der Waals surface area contributed by atoms with Crippen LogP contribution in [0.15, 0.2) is 51.0 Å². The van der Waals surface area contributed by atoms with Crippen molar-refractivity contribution in [3.8, 4) is 11.5 Å². The molecule has 0 spiro atoms. The molecule has 6 nitrogen and oxygen atoms in total. The summed E-state index contributed by atoms with van der Waals surface area (Å²) < 4.78 is 6.05. The minimum atomic E-state index is -0.481. The van der Waals surface area contributed by atoms with Crippen molar-refractivity contribution in [2.24, 2.45) is 0 Å². The number of amides is 3. The third-order valence-electron chi connectivity index (χ3n) is 3.84. The number of phenolic OH excluding ortho intramolecular Hbond substituents is 1. The Morgan fingerprint density at radius 2 is 1.88 bits per heavy atom. The summed E-state index contributed by atoms with van der Waals surface area (Å²) >= 11 is 6.63. The Balaban J connectivity index is 1.92. The lowest BCUT2D eigenvalue weighted by molar-refractivity contribution is -0.123. The minimum Gasteiger partial charge on any atom is -0.503 e. The van der Waals surface area contributed by atoms with E-state index in [4.69, 9.17) is 4.74 Å². The second-order valence-electron chi connectivity index (χ2n) is 5.51. The van der Waals surface area contributed by atoms with Gasteiger partial charge in [-0.1, -0.05) is 30.3 Å². The third kappa shape index (κ3) is 3.47. The zero-order valence-corrected chi connectivity index (χ0v) is 16.8. The Labute approximate surface area is 166 Å². The van der Waals surface area contributed by atoms with Crippen LogP contribution in [0.3, 0.4) is 0 Å². The molecule has 26 heavy (non-hydrogen) atoms. The van der Waals surface area contributed by atoms with Gasteiger partial charge in [-0.3, -0.25) is 9.69 Å². The quantitative estimate of drug-likeness (QED) is 0.510. The maximum Gasteiger partial charge on any atom is 0.329 e. The van der Waals surface area contributed by atoms with Crippen LogP contribution in [0, 0.1) is 0 Å². The minimum absolute atomic E-state index is 0.0611. The fourth-order valence-electron chi connectivity index (χ4n) is 2.51. The van der Waals surface area contributed by atoms with E-state index in [1.165, 1.54) is 13.2 Å². The number of carbonyl (C=O) groups is 2. The van der Waals surface area contributed by atoms with E-state index < -0.39 is 11.9 Å². The van der Waals surface area contributed by atoms with Crippen LogP contribution in [0.5, 0.6) is 11.5 Å². The molecule has 3 rings (SSSR count). The normalized spacial score (nSPS) is 15.5. The van der Waals surface area contributed by atoms with Gasteiger partial charge < -0.3 is 15.2 Å². The molecule has 8 heteroatoms. The standard InChI is InChI=1S/C18H14Br2N2O4/c1-26-13-8-11(14(19)15(20)16(13)23)7-12-17(24)22(18(25)21-12)9-10-5-3-2-4-6-10/h2-8,23H,9H2,1H3,(H,21,25)/b12-7+. The molecule has 3 amide bonds. The number of methoxy groups -OCH3 is 1.